The van der Waals surface area contributed by atoms with Gasteiger partial charge in [-0.25, -0.2) is 0 Å². The van der Waals surface area contributed by atoms with Crippen LogP contribution in [0.25, 0.3) is 0 Å². The van der Waals surface area contributed by atoms with Gasteiger partial charge in [-0.2, -0.15) is 0 Å². The van der Waals surface area contributed by atoms with Crippen molar-refractivity contribution in [2.75, 3.05) is 20.3 Å². The van der Waals surface area contributed by atoms with Gasteiger partial charge < -0.3 is 9.16 Å². The Hall–Kier alpha value is 0.137. The Kier molecular flexibility index (Phi) is 12.9. The summed E-state index contributed by atoms with van der Waals surface area (Å²) in [5.74, 6) is 0. The van der Waals surface area contributed by atoms with E-state index in [1.807, 2.05) is 0 Å². The van der Waals surface area contributed by atoms with Gasteiger partial charge in [0.25, 0.3) is 0 Å². The van der Waals surface area contributed by atoms with Crippen molar-refractivity contribution in [3.05, 3.63) is 0 Å². The Labute approximate surface area is 73.0 Å². The number of hydrogen-bond donors (Lipinski definition) is 0. The Balaban J connectivity index is -0.000000320. The summed E-state index contributed by atoms with van der Waals surface area (Å²) in [6.07, 6.45) is 0. The molecular formula is C8H24O2Si. The second-order valence-electron chi connectivity index (χ2n) is 2.95. The lowest BCUT2D eigenvalue weighted by Gasteiger charge is -2.16. The predicted molar refractivity (Wildman–Crippen MR) is 54.6 cm³/mol. The lowest BCUT2D eigenvalue weighted by atomic mass is 10.8. The Morgan fingerprint density at radius 3 is 1.73 bits per heavy atom. The van der Waals surface area contributed by atoms with Crippen LogP contribution >= 0.6 is 0 Å². The molecule has 0 spiro atoms. The summed E-state index contributed by atoms with van der Waals surface area (Å²) in [7, 11) is 0.414. The van der Waals surface area contributed by atoms with Crippen molar-refractivity contribution in [2.24, 2.45) is 0 Å². The van der Waals surface area contributed by atoms with Crippen LogP contribution in [0, 0.1) is 0 Å². The van der Waals surface area contributed by atoms with Gasteiger partial charge in [0, 0.05) is 7.11 Å². The van der Waals surface area contributed by atoms with E-state index in [4.69, 9.17) is 9.16 Å². The van der Waals surface area contributed by atoms with Crippen LogP contribution in [0.1, 0.15) is 14.9 Å². The molecule has 0 aliphatic rings. The first-order valence-electron chi connectivity index (χ1n) is 3.19. The maximum Gasteiger partial charge on any atom is 0.183 e. The molecule has 72 valence electrons. The van der Waals surface area contributed by atoms with Crippen LogP contribution in [0.4, 0.5) is 0 Å². The topological polar surface area (TPSA) is 18.5 Å². The molecule has 2 nitrogen and oxygen atoms in total. The molecule has 0 saturated heterocycles. The molecule has 0 aromatic rings. The molecule has 0 amide bonds. The van der Waals surface area contributed by atoms with Crippen LogP contribution in [0.2, 0.25) is 19.6 Å². The summed E-state index contributed by atoms with van der Waals surface area (Å²) in [6.45, 7) is 7.96. The summed E-state index contributed by atoms with van der Waals surface area (Å²) < 4.78 is 10.3. The first kappa shape index (κ1) is 17.3. The second-order valence-corrected chi connectivity index (χ2v) is 7.47. The molecule has 0 aromatic heterocycles. The van der Waals surface area contributed by atoms with Gasteiger partial charge in [-0.1, -0.05) is 14.9 Å². The van der Waals surface area contributed by atoms with Crippen LogP contribution in [-0.4, -0.2) is 28.6 Å². The molecule has 0 bridgehead atoms. The highest BCUT2D eigenvalue weighted by atomic mass is 28.4. The predicted octanol–water partition coefficient (Wildman–Crippen LogP) is 2.76. The summed E-state index contributed by atoms with van der Waals surface area (Å²) in [6, 6.07) is 0. The molecule has 0 radical (unpaired) electrons. The van der Waals surface area contributed by atoms with Crippen LogP contribution in [0.3, 0.4) is 0 Å². The van der Waals surface area contributed by atoms with E-state index in [2.05, 4.69) is 19.6 Å². The maximum absolute atomic E-state index is 5.48. The lowest BCUT2D eigenvalue weighted by Crippen LogP contribution is -2.27. The van der Waals surface area contributed by atoms with Crippen LogP contribution < -0.4 is 0 Å². The fourth-order valence-electron chi connectivity index (χ4n) is 0.431. The summed E-state index contributed by atoms with van der Waals surface area (Å²) >= 11 is 0. The van der Waals surface area contributed by atoms with Gasteiger partial charge in [-0.05, 0) is 19.6 Å². The fourth-order valence-corrected chi connectivity index (χ4v) is 1.13. The van der Waals surface area contributed by atoms with Crippen LogP contribution in [0.15, 0.2) is 0 Å². The minimum atomic E-state index is -1.27. The van der Waals surface area contributed by atoms with E-state index in [9.17, 15) is 0 Å². The molecule has 0 unspecified atom stereocenters. The van der Waals surface area contributed by atoms with Gasteiger partial charge in [-0.3, -0.25) is 0 Å². The number of rotatable bonds is 4. The van der Waals surface area contributed by atoms with E-state index in [0.29, 0.717) is 6.61 Å². The highest BCUT2D eigenvalue weighted by molar-refractivity contribution is 6.69. The van der Waals surface area contributed by atoms with E-state index in [0.717, 1.165) is 6.61 Å². The third kappa shape index (κ3) is 17.8. The van der Waals surface area contributed by atoms with E-state index in [1.165, 1.54) is 0 Å². The van der Waals surface area contributed by atoms with Crippen LogP contribution in [-0.2, 0) is 9.16 Å². The molecule has 0 rings (SSSR count). The Morgan fingerprint density at radius 2 is 1.45 bits per heavy atom. The van der Waals surface area contributed by atoms with Gasteiger partial charge in [-0.15, -0.1) is 0 Å². The minimum Gasteiger partial charge on any atom is -0.415 e. The van der Waals surface area contributed by atoms with E-state index >= 15 is 0 Å². The zero-order valence-corrected chi connectivity index (χ0v) is 7.73. The molecule has 0 fully saturated rings. The Bertz CT molecular complexity index is 69.0. The van der Waals surface area contributed by atoms with Crippen molar-refractivity contribution in [1.29, 1.82) is 0 Å². The van der Waals surface area contributed by atoms with Gasteiger partial charge in [0.05, 0.1) is 13.2 Å². The van der Waals surface area contributed by atoms with E-state index in [1.54, 1.807) is 7.11 Å². The highest BCUT2D eigenvalue weighted by Crippen LogP contribution is 2.00. The van der Waals surface area contributed by atoms with Crippen molar-refractivity contribution in [2.45, 2.75) is 34.5 Å². The van der Waals surface area contributed by atoms with Crippen molar-refractivity contribution < 1.29 is 9.16 Å². The summed E-state index contributed by atoms with van der Waals surface area (Å²) in [5, 5.41) is 0. The average Bonchev–Trinajstić information content (AvgIpc) is 1.63. The smallest absolute Gasteiger partial charge is 0.183 e. The average molecular weight is 180 g/mol. The van der Waals surface area contributed by atoms with Crippen molar-refractivity contribution in [1.82, 2.24) is 0 Å². The standard InChI is InChI=1S/C6H16O2Si.2CH4/c1-7-5-6-8-9(2,3)4;;/h5-6H2,1-4H3;2*1H4. The van der Waals surface area contributed by atoms with Crippen LogP contribution in [0.5, 0.6) is 0 Å². The van der Waals surface area contributed by atoms with Gasteiger partial charge >= 0.3 is 0 Å². The molecule has 11 heavy (non-hydrogen) atoms. The molecule has 0 aliphatic heterocycles. The quantitative estimate of drug-likeness (QED) is 0.489. The largest absolute Gasteiger partial charge is 0.415 e. The fraction of sp³-hybridized carbons (Fsp3) is 1.00. The second kappa shape index (κ2) is 8.24. The third-order valence-corrected chi connectivity index (χ3v) is 1.89. The normalized spacial score (nSPS) is 9.82. The van der Waals surface area contributed by atoms with Crippen molar-refractivity contribution in [3.8, 4) is 0 Å². The molecule has 0 atom stereocenters. The maximum atomic E-state index is 5.48. The summed E-state index contributed by atoms with van der Waals surface area (Å²) in [4.78, 5) is 0. The molecule has 0 aromatic carbocycles. The SMILES string of the molecule is C.C.COCCO[Si](C)(C)C. The monoisotopic (exact) mass is 180 g/mol. The van der Waals surface area contributed by atoms with Gasteiger partial charge in [0.15, 0.2) is 8.32 Å². The zero-order valence-electron chi connectivity index (χ0n) is 6.73. The first-order chi connectivity index (χ1) is 4.06. The minimum absolute atomic E-state index is 0. The molecule has 0 aliphatic carbocycles. The summed E-state index contributed by atoms with van der Waals surface area (Å²) in [5.41, 5.74) is 0. The first-order valence-corrected chi connectivity index (χ1v) is 6.60. The molecule has 0 saturated carbocycles. The molecule has 3 heteroatoms. The third-order valence-electron chi connectivity index (χ3n) is 0.823. The zero-order chi connectivity index (χ0) is 7.33. The van der Waals surface area contributed by atoms with Gasteiger partial charge in [0.2, 0.25) is 0 Å². The lowest BCUT2D eigenvalue weighted by molar-refractivity contribution is 0.143. The number of ether oxygens (including phenoxy) is 1. The molecule has 0 N–H and O–H groups in total. The Morgan fingerprint density at radius 1 is 1.00 bits per heavy atom. The number of methoxy groups -OCH3 is 1. The van der Waals surface area contributed by atoms with Crippen molar-refractivity contribution >= 4 is 8.32 Å². The van der Waals surface area contributed by atoms with Gasteiger partial charge in [0.1, 0.15) is 0 Å². The highest BCUT2D eigenvalue weighted by Gasteiger charge is 2.12. The molecule has 0 heterocycles. The number of hydrogen-bond acceptors (Lipinski definition) is 2. The van der Waals surface area contributed by atoms with E-state index < -0.39 is 8.32 Å². The van der Waals surface area contributed by atoms with Crippen molar-refractivity contribution in [3.63, 3.8) is 0 Å². The van der Waals surface area contributed by atoms with E-state index in [-0.39, 0.29) is 14.9 Å². The molecular weight excluding hydrogens is 156 g/mol.